The van der Waals surface area contributed by atoms with Crippen LogP contribution in [0, 0.1) is 5.92 Å². The van der Waals surface area contributed by atoms with Crippen molar-refractivity contribution < 1.29 is 9.59 Å². The molecule has 27 heavy (non-hydrogen) atoms. The Kier molecular flexibility index (Phi) is 5.45. The zero-order valence-electron chi connectivity index (χ0n) is 17.2. The topological polar surface area (TPSA) is 67.2 Å². The van der Waals surface area contributed by atoms with Crippen LogP contribution in [0.3, 0.4) is 0 Å². The summed E-state index contributed by atoms with van der Waals surface area (Å²) in [6.45, 7) is 9.66. The second kappa shape index (κ2) is 7.49. The molecule has 1 saturated carbocycles. The first-order chi connectivity index (χ1) is 12.6. The first-order valence-electron chi connectivity index (χ1n) is 9.97. The molecule has 3 rings (SSSR count). The van der Waals surface area contributed by atoms with Crippen molar-refractivity contribution in [2.24, 2.45) is 13.0 Å². The fourth-order valence-electron chi connectivity index (χ4n) is 3.94. The molecule has 1 aliphatic heterocycles. The van der Waals surface area contributed by atoms with Gasteiger partial charge in [0, 0.05) is 37.8 Å². The summed E-state index contributed by atoms with van der Waals surface area (Å²) in [5.74, 6) is 0.664. The van der Waals surface area contributed by atoms with Gasteiger partial charge in [-0.15, -0.1) is 0 Å². The van der Waals surface area contributed by atoms with E-state index in [0.29, 0.717) is 18.0 Å². The lowest BCUT2D eigenvalue weighted by Crippen LogP contribution is -2.56. The Bertz CT molecular complexity index is 757. The molecule has 1 N–H and O–H groups in total. The number of likely N-dealkylation sites (tertiary alicyclic amines) is 1. The maximum atomic E-state index is 13.0. The highest BCUT2D eigenvalue weighted by Crippen LogP contribution is 2.30. The van der Waals surface area contributed by atoms with Crippen LogP contribution in [0.4, 0.5) is 0 Å². The lowest BCUT2D eigenvalue weighted by Gasteiger charge is -2.41. The van der Waals surface area contributed by atoms with Crippen LogP contribution in [0.1, 0.15) is 69.4 Å². The number of hydrogen-bond acceptors (Lipinski definition) is 3. The fraction of sp³-hybridized carbons (Fsp3) is 0.667. The summed E-state index contributed by atoms with van der Waals surface area (Å²) in [7, 11) is 1.84. The summed E-state index contributed by atoms with van der Waals surface area (Å²) >= 11 is 0. The van der Waals surface area contributed by atoms with Crippen LogP contribution < -0.4 is 5.32 Å². The highest BCUT2D eigenvalue weighted by molar-refractivity contribution is 5.96. The van der Waals surface area contributed by atoms with Crippen molar-refractivity contribution in [3.05, 3.63) is 29.1 Å². The number of carbonyl (C=O) groups excluding carboxylic acids is 2. The Hall–Kier alpha value is -2.11. The Labute approximate surface area is 162 Å². The van der Waals surface area contributed by atoms with Crippen LogP contribution >= 0.6 is 0 Å². The van der Waals surface area contributed by atoms with E-state index >= 15 is 0 Å². The second-order valence-corrected chi connectivity index (χ2v) is 9.15. The number of nitrogens with zero attached hydrogens (tertiary/aromatic N) is 3. The Morgan fingerprint density at radius 1 is 1.33 bits per heavy atom. The van der Waals surface area contributed by atoms with Crippen molar-refractivity contribution >= 4 is 11.8 Å². The van der Waals surface area contributed by atoms with E-state index in [0.717, 1.165) is 31.5 Å². The minimum atomic E-state index is -0.189. The monoisotopic (exact) mass is 372 g/mol. The summed E-state index contributed by atoms with van der Waals surface area (Å²) in [6, 6.07) is 0.0652. The van der Waals surface area contributed by atoms with E-state index in [2.05, 4.69) is 38.1 Å². The van der Waals surface area contributed by atoms with Gasteiger partial charge in [0.2, 0.25) is 5.91 Å². The molecule has 1 aliphatic carbocycles. The lowest BCUT2D eigenvalue weighted by atomic mass is 9.88. The Morgan fingerprint density at radius 3 is 2.63 bits per heavy atom. The molecule has 0 aromatic carbocycles. The summed E-state index contributed by atoms with van der Waals surface area (Å²) in [6.07, 6.45) is 7.71. The van der Waals surface area contributed by atoms with E-state index < -0.39 is 0 Å². The van der Waals surface area contributed by atoms with Gasteiger partial charge in [0.05, 0.1) is 17.3 Å². The van der Waals surface area contributed by atoms with Crippen molar-refractivity contribution in [2.75, 3.05) is 13.1 Å². The summed E-state index contributed by atoms with van der Waals surface area (Å²) in [5, 5.41) is 7.48. The number of amides is 2. The summed E-state index contributed by atoms with van der Waals surface area (Å²) in [5.41, 5.74) is 2.55. The molecule has 2 heterocycles. The van der Waals surface area contributed by atoms with Crippen LogP contribution in [0.2, 0.25) is 0 Å². The van der Waals surface area contributed by atoms with E-state index in [9.17, 15) is 9.59 Å². The van der Waals surface area contributed by atoms with Crippen molar-refractivity contribution in [2.45, 2.75) is 64.8 Å². The van der Waals surface area contributed by atoms with Gasteiger partial charge in [-0.05, 0) is 31.6 Å². The van der Waals surface area contributed by atoms with E-state index in [-0.39, 0.29) is 23.3 Å². The predicted molar refractivity (Wildman–Crippen MR) is 105 cm³/mol. The van der Waals surface area contributed by atoms with Gasteiger partial charge < -0.3 is 10.2 Å². The van der Waals surface area contributed by atoms with Crippen LogP contribution in [0.15, 0.2) is 17.8 Å². The number of rotatable bonds is 4. The van der Waals surface area contributed by atoms with E-state index in [1.165, 1.54) is 12.0 Å². The van der Waals surface area contributed by atoms with Gasteiger partial charge >= 0.3 is 0 Å². The average molecular weight is 373 g/mol. The molecular weight excluding hydrogens is 340 g/mol. The molecule has 1 aromatic rings. The van der Waals surface area contributed by atoms with Crippen LogP contribution in [-0.4, -0.2) is 45.6 Å². The third-order valence-electron chi connectivity index (χ3n) is 5.59. The average Bonchev–Trinajstić information content (AvgIpc) is 3.11. The smallest absolute Gasteiger partial charge is 0.257 e. The first kappa shape index (κ1) is 19.6. The van der Waals surface area contributed by atoms with Gasteiger partial charge in [-0.1, -0.05) is 33.3 Å². The van der Waals surface area contributed by atoms with Crippen molar-refractivity contribution in [1.29, 1.82) is 0 Å². The minimum Gasteiger partial charge on any atom is -0.350 e. The molecule has 0 bridgehead atoms. The highest BCUT2D eigenvalue weighted by atomic mass is 16.2. The first-order valence-corrected chi connectivity index (χ1v) is 9.97. The normalized spacial score (nSPS) is 24.2. The molecule has 1 saturated heterocycles. The second-order valence-electron chi connectivity index (χ2n) is 9.15. The van der Waals surface area contributed by atoms with Gasteiger partial charge in [0.25, 0.3) is 5.91 Å². The van der Waals surface area contributed by atoms with E-state index in [4.69, 9.17) is 0 Å². The van der Waals surface area contributed by atoms with Crippen molar-refractivity contribution in [1.82, 2.24) is 20.0 Å². The maximum Gasteiger partial charge on any atom is 0.257 e. The molecule has 2 atom stereocenters. The summed E-state index contributed by atoms with van der Waals surface area (Å²) in [4.78, 5) is 27.1. The predicted octanol–water partition coefficient (Wildman–Crippen LogP) is 2.79. The Morgan fingerprint density at radius 2 is 2.07 bits per heavy atom. The van der Waals surface area contributed by atoms with Crippen LogP contribution in [0.5, 0.6) is 0 Å². The number of hydrogen-bond donors (Lipinski definition) is 1. The SMILES string of the molecule is CC1CC/C(=C\C(=O)NCC2CCN2C(=O)c2cn(C)nc2C(C)(C)C)C1. The van der Waals surface area contributed by atoms with Gasteiger partial charge in [-0.25, -0.2) is 0 Å². The number of carbonyl (C=O) groups is 2. The molecule has 2 fully saturated rings. The number of aryl methyl sites for hydroxylation is 1. The molecular formula is C21H32N4O2. The van der Waals surface area contributed by atoms with Crippen LogP contribution in [0.25, 0.3) is 0 Å². The molecule has 148 valence electrons. The van der Waals surface area contributed by atoms with E-state index in [1.807, 2.05) is 18.1 Å². The number of nitrogens with one attached hydrogen (secondary N) is 1. The third kappa shape index (κ3) is 4.42. The van der Waals surface area contributed by atoms with E-state index in [1.54, 1.807) is 10.8 Å². The quantitative estimate of drug-likeness (QED) is 0.827. The molecule has 6 nitrogen and oxygen atoms in total. The fourth-order valence-corrected chi connectivity index (χ4v) is 3.94. The molecule has 2 amide bonds. The largest absolute Gasteiger partial charge is 0.350 e. The summed E-state index contributed by atoms with van der Waals surface area (Å²) < 4.78 is 1.71. The number of allylic oxidation sites excluding steroid dienone is 1. The maximum absolute atomic E-state index is 13.0. The van der Waals surface area contributed by atoms with Crippen molar-refractivity contribution in [3.8, 4) is 0 Å². The highest BCUT2D eigenvalue weighted by Gasteiger charge is 2.36. The Balaban J connectivity index is 1.59. The minimum absolute atomic E-state index is 0.0153. The molecule has 2 aliphatic rings. The molecule has 2 unspecified atom stereocenters. The lowest BCUT2D eigenvalue weighted by molar-refractivity contribution is -0.117. The van der Waals surface area contributed by atoms with Gasteiger partial charge in [-0.3, -0.25) is 14.3 Å². The van der Waals surface area contributed by atoms with Gasteiger partial charge in [0.15, 0.2) is 0 Å². The van der Waals surface area contributed by atoms with Gasteiger partial charge in [-0.2, -0.15) is 5.10 Å². The molecule has 1 aromatic heterocycles. The molecule has 6 heteroatoms. The number of aromatic nitrogens is 2. The standard InChI is InChI=1S/C21H32N4O2/c1-14-6-7-15(10-14)11-18(26)22-12-16-8-9-25(16)20(27)17-13-24(5)23-19(17)21(2,3)4/h11,13-14,16H,6-10,12H2,1-5H3,(H,22,26)/b15-11+. The van der Waals surface area contributed by atoms with Crippen LogP contribution in [-0.2, 0) is 17.3 Å². The van der Waals surface area contributed by atoms with Gasteiger partial charge in [0.1, 0.15) is 0 Å². The zero-order chi connectivity index (χ0) is 19.8. The molecule has 0 radical (unpaired) electrons. The molecule has 0 spiro atoms. The zero-order valence-corrected chi connectivity index (χ0v) is 17.2. The van der Waals surface area contributed by atoms with Crippen molar-refractivity contribution in [3.63, 3.8) is 0 Å². The third-order valence-corrected chi connectivity index (χ3v) is 5.59.